The lowest BCUT2D eigenvalue weighted by molar-refractivity contribution is -0.149. The van der Waals surface area contributed by atoms with Gasteiger partial charge in [0.1, 0.15) is 5.75 Å². The molecule has 2 aliphatic rings. The zero-order chi connectivity index (χ0) is 25.5. The van der Waals surface area contributed by atoms with Crippen LogP contribution >= 0.6 is 11.6 Å². The lowest BCUT2D eigenvalue weighted by Gasteiger charge is -2.27. The summed E-state index contributed by atoms with van der Waals surface area (Å²) in [5.41, 5.74) is 2.14. The molecule has 0 heterocycles. The van der Waals surface area contributed by atoms with Gasteiger partial charge in [-0.3, -0.25) is 14.4 Å². The zero-order valence-corrected chi connectivity index (χ0v) is 21.3. The highest BCUT2D eigenvalue weighted by Gasteiger charge is 2.28. The van der Waals surface area contributed by atoms with Gasteiger partial charge < -0.3 is 20.1 Å². The molecule has 0 atom stereocenters. The monoisotopic (exact) mass is 512 g/mol. The Morgan fingerprint density at radius 3 is 2.06 bits per heavy atom. The van der Waals surface area contributed by atoms with Gasteiger partial charge in [-0.05, 0) is 93.3 Å². The van der Waals surface area contributed by atoms with Crippen LogP contribution in [0.2, 0.25) is 5.02 Å². The summed E-state index contributed by atoms with van der Waals surface area (Å²) < 4.78 is 11.1. The van der Waals surface area contributed by atoms with Crippen LogP contribution in [0, 0.1) is 5.92 Å². The zero-order valence-electron chi connectivity index (χ0n) is 20.6. The van der Waals surface area contributed by atoms with Crippen LogP contribution in [0.3, 0.4) is 0 Å². The maximum atomic E-state index is 12.4. The number of hydrogen-bond acceptors (Lipinski definition) is 5. The number of esters is 1. The van der Waals surface area contributed by atoms with E-state index in [0.29, 0.717) is 47.5 Å². The van der Waals surface area contributed by atoms with Gasteiger partial charge in [0.2, 0.25) is 0 Å². The maximum absolute atomic E-state index is 12.4. The van der Waals surface area contributed by atoms with Gasteiger partial charge in [0.15, 0.2) is 0 Å². The number of amides is 2. The Morgan fingerprint density at radius 2 is 1.47 bits per heavy atom. The molecule has 0 bridgehead atoms. The van der Waals surface area contributed by atoms with E-state index in [1.807, 2.05) is 13.0 Å². The van der Waals surface area contributed by atoms with Crippen molar-refractivity contribution in [1.29, 1.82) is 0 Å². The van der Waals surface area contributed by atoms with Gasteiger partial charge >= 0.3 is 5.97 Å². The highest BCUT2D eigenvalue weighted by molar-refractivity contribution is 6.31. The summed E-state index contributed by atoms with van der Waals surface area (Å²) in [7, 11) is 0. The first kappa shape index (κ1) is 26.0. The SMILES string of the molecule is CCOC(=O)[C@H]1CC[C@@H](Oc2ccc(C(=O)NCCNC(=O)c3ccc(C4CC4)c(Cl)c3)cc2)CC1. The minimum atomic E-state index is -0.220. The van der Waals surface area contributed by atoms with Gasteiger partial charge in [-0.15, -0.1) is 0 Å². The molecule has 192 valence electrons. The largest absolute Gasteiger partial charge is 0.490 e. The molecular weight excluding hydrogens is 480 g/mol. The summed E-state index contributed by atoms with van der Waals surface area (Å²) in [6, 6.07) is 12.4. The van der Waals surface area contributed by atoms with E-state index in [9.17, 15) is 14.4 Å². The van der Waals surface area contributed by atoms with Crippen LogP contribution in [0.4, 0.5) is 0 Å². The van der Waals surface area contributed by atoms with E-state index in [-0.39, 0.29) is 29.8 Å². The Morgan fingerprint density at radius 1 is 0.861 bits per heavy atom. The Kier molecular flexibility index (Phi) is 8.86. The third-order valence-electron chi connectivity index (χ3n) is 6.69. The fraction of sp³-hybridized carbons (Fsp3) is 0.464. The van der Waals surface area contributed by atoms with Crippen LogP contribution in [-0.4, -0.2) is 43.6 Å². The molecule has 0 radical (unpaired) electrons. The maximum Gasteiger partial charge on any atom is 0.308 e. The predicted molar refractivity (Wildman–Crippen MR) is 138 cm³/mol. The molecule has 2 amide bonds. The Balaban J connectivity index is 1.16. The number of halogens is 1. The van der Waals surface area contributed by atoms with Gasteiger partial charge in [-0.1, -0.05) is 17.7 Å². The van der Waals surface area contributed by atoms with Gasteiger partial charge in [-0.25, -0.2) is 0 Å². The van der Waals surface area contributed by atoms with Crippen molar-refractivity contribution < 1.29 is 23.9 Å². The third kappa shape index (κ3) is 7.00. The molecule has 0 aromatic heterocycles. The molecule has 2 aromatic carbocycles. The molecule has 2 aromatic rings. The Bertz CT molecular complexity index is 1080. The first-order chi connectivity index (χ1) is 17.4. The molecular formula is C28H33ClN2O5. The molecule has 2 fully saturated rings. The molecule has 7 nitrogen and oxygen atoms in total. The van der Waals surface area contributed by atoms with Crippen molar-refractivity contribution in [1.82, 2.24) is 10.6 Å². The molecule has 2 saturated carbocycles. The summed E-state index contributed by atoms with van der Waals surface area (Å²) in [6.07, 6.45) is 5.49. The van der Waals surface area contributed by atoms with E-state index in [2.05, 4.69) is 10.6 Å². The third-order valence-corrected chi connectivity index (χ3v) is 7.02. The highest BCUT2D eigenvalue weighted by Crippen LogP contribution is 2.43. The number of carbonyl (C=O) groups excluding carboxylic acids is 3. The summed E-state index contributed by atoms with van der Waals surface area (Å²) in [4.78, 5) is 36.7. The second-order valence-corrected chi connectivity index (χ2v) is 9.80. The van der Waals surface area contributed by atoms with E-state index >= 15 is 0 Å². The van der Waals surface area contributed by atoms with Crippen molar-refractivity contribution in [2.75, 3.05) is 19.7 Å². The molecule has 0 spiro atoms. The van der Waals surface area contributed by atoms with Gasteiger partial charge in [0.25, 0.3) is 11.8 Å². The van der Waals surface area contributed by atoms with Gasteiger partial charge in [0, 0.05) is 29.2 Å². The Labute approximate surface area is 216 Å². The number of rotatable bonds is 10. The fourth-order valence-electron chi connectivity index (χ4n) is 4.50. The molecule has 2 N–H and O–H groups in total. The number of nitrogens with one attached hydrogen (secondary N) is 2. The van der Waals surface area contributed by atoms with Crippen molar-refractivity contribution in [2.45, 2.75) is 57.5 Å². The summed E-state index contributed by atoms with van der Waals surface area (Å²) in [5.74, 6) is 0.644. The van der Waals surface area contributed by atoms with Crippen molar-refractivity contribution in [3.63, 3.8) is 0 Å². The number of carbonyl (C=O) groups is 3. The van der Waals surface area contributed by atoms with Crippen molar-refractivity contribution in [2.24, 2.45) is 5.92 Å². The topological polar surface area (TPSA) is 93.7 Å². The second-order valence-electron chi connectivity index (χ2n) is 9.39. The van der Waals surface area contributed by atoms with E-state index in [1.54, 1.807) is 36.4 Å². The van der Waals surface area contributed by atoms with Crippen LogP contribution in [0.1, 0.15) is 77.6 Å². The van der Waals surface area contributed by atoms with Crippen LogP contribution in [0.15, 0.2) is 42.5 Å². The van der Waals surface area contributed by atoms with Crippen LogP contribution in [-0.2, 0) is 9.53 Å². The van der Waals surface area contributed by atoms with Crippen molar-refractivity contribution in [3.05, 3.63) is 64.2 Å². The number of benzene rings is 2. The van der Waals surface area contributed by atoms with Crippen molar-refractivity contribution >= 4 is 29.4 Å². The minimum Gasteiger partial charge on any atom is -0.490 e. The quantitative estimate of drug-likeness (QED) is 0.349. The predicted octanol–water partition coefficient (Wildman–Crippen LogP) is 4.88. The lowest BCUT2D eigenvalue weighted by Crippen LogP contribution is -2.34. The number of hydrogen-bond donors (Lipinski definition) is 2. The molecule has 0 aliphatic heterocycles. The average molecular weight is 513 g/mol. The van der Waals surface area contributed by atoms with Crippen molar-refractivity contribution in [3.8, 4) is 5.75 Å². The summed E-state index contributed by atoms with van der Waals surface area (Å²) in [5, 5.41) is 6.25. The average Bonchev–Trinajstić information content (AvgIpc) is 3.73. The second kappa shape index (κ2) is 12.3. The van der Waals surface area contributed by atoms with E-state index in [1.165, 1.54) is 0 Å². The van der Waals surface area contributed by atoms with E-state index < -0.39 is 0 Å². The molecule has 8 heteroatoms. The van der Waals surface area contributed by atoms with Gasteiger partial charge in [0.05, 0.1) is 18.6 Å². The molecule has 2 aliphatic carbocycles. The van der Waals surface area contributed by atoms with E-state index in [4.69, 9.17) is 21.1 Å². The minimum absolute atomic E-state index is 0.0358. The fourth-order valence-corrected chi connectivity index (χ4v) is 4.84. The lowest BCUT2D eigenvalue weighted by atomic mass is 9.87. The van der Waals surface area contributed by atoms with Crippen LogP contribution < -0.4 is 15.4 Å². The smallest absolute Gasteiger partial charge is 0.308 e. The van der Waals surface area contributed by atoms with Crippen LogP contribution in [0.25, 0.3) is 0 Å². The molecule has 36 heavy (non-hydrogen) atoms. The normalized spacial score (nSPS) is 19.3. The summed E-state index contributed by atoms with van der Waals surface area (Å²) in [6.45, 7) is 2.84. The first-order valence-electron chi connectivity index (χ1n) is 12.7. The molecule has 4 rings (SSSR count). The Hall–Kier alpha value is -3.06. The summed E-state index contributed by atoms with van der Waals surface area (Å²) >= 11 is 6.31. The standard InChI is InChI=1S/C28H33ClN2O5/c1-2-35-28(34)20-7-12-23(13-8-20)36-22-10-5-19(6-11-22)26(32)30-15-16-31-27(33)21-9-14-24(18-3-4-18)25(29)17-21/h5-6,9-11,14,17-18,20,23H,2-4,7-8,12-13,15-16H2,1H3,(H,30,32)(H,31,33)/t20-,23+. The highest BCUT2D eigenvalue weighted by atomic mass is 35.5. The molecule has 0 unspecified atom stereocenters. The van der Waals surface area contributed by atoms with Gasteiger partial charge in [-0.2, -0.15) is 0 Å². The molecule has 0 saturated heterocycles. The van der Waals surface area contributed by atoms with Crippen LogP contribution in [0.5, 0.6) is 5.75 Å². The first-order valence-corrected chi connectivity index (χ1v) is 13.1. The number of ether oxygens (including phenoxy) is 2. The van der Waals surface area contributed by atoms with E-state index in [0.717, 1.165) is 44.1 Å².